The first kappa shape index (κ1) is 11.8. The Hall–Kier alpha value is -1.68. The van der Waals surface area contributed by atoms with Crippen LogP contribution < -0.4 is 5.32 Å². The molecule has 1 amide bonds. The lowest BCUT2D eigenvalue weighted by atomic mass is 10.1. The molecule has 2 aromatic rings. The molecule has 1 aromatic carbocycles. The summed E-state index contributed by atoms with van der Waals surface area (Å²) in [6.07, 6.45) is 3.34. The maximum atomic E-state index is 13.3. The average molecular weight is 253 g/mol. The van der Waals surface area contributed by atoms with Gasteiger partial charge in [0.05, 0.1) is 5.69 Å². The number of benzene rings is 1. The van der Waals surface area contributed by atoms with Crippen LogP contribution in [0, 0.1) is 5.82 Å². The van der Waals surface area contributed by atoms with Crippen molar-refractivity contribution in [2.24, 2.45) is 0 Å². The summed E-state index contributed by atoms with van der Waals surface area (Å²) in [5, 5.41) is 4.04. The van der Waals surface area contributed by atoms with Crippen LogP contribution in [0.25, 0.3) is 10.8 Å². The van der Waals surface area contributed by atoms with Crippen LogP contribution in [-0.2, 0) is 4.79 Å². The molecule has 0 aliphatic rings. The molecule has 1 aromatic heterocycles. The molecule has 1 N–H and O–H groups in total. The summed E-state index contributed by atoms with van der Waals surface area (Å²) in [7, 11) is 0. The van der Waals surface area contributed by atoms with Crippen molar-refractivity contribution in [1.82, 2.24) is 4.98 Å². The smallest absolute Gasteiger partial charge is 0.225 e. The molecular weight excluding hydrogens is 243 g/mol. The van der Waals surface area contributed by atoms with Crippen LogP contribution in [-0.4, -0.2) is 16.8 Å². The molecule has 0 saturated heterocycles. The largest absolute Gasteiger partial charge is 0.325 e. The molecule has 17 heavy (non-hydrogen) atoms. The van der Waals surface area contributed by atoms with Crippen molar-refractivity contribution >= 4 is 34.0 Å². The standard InChI is InChI=1S/C12H10ClFN2O/c13-3-1-12(17)16-11-6-9(14)5-8-7-15-4-2-10(8)11/h2,4-7H,1,3H2,(H,16,17). The molecule has 0 spiro atoms. The van der Waals surface area contributed by atoms with Gasteiger partial charge in [0.25, 0.3) is 0 Å². The Labute approximate surface area is 103 Å². The van der Waals surface area contributed by atoms with Crippen molar-refractivity contribution < 1.29 is 9.18 Å². The minimum Gasteiger partial charge on any atom is -0.325 e. The first-order chi connectivity index (χ1) is 8.20. The van der Waals surface area contributed by atoms with Gasteiger partial charge in [-0.3, -0.25) is 9.78 Å². The van der Waals surface area contributed by atoms with Gasteiger partial charge in [0.15, 0.2) is 0 Å². The monoisotopic (exact) mass is 252 g/mol. The number of fused-ring (bicyclic) bond motifs is 1. The minimum atomic E-state index is -0.410. The molecule has 3 nitrogen and oxygen atoms in total. The highest BCUT2D eigenvalue weighted by molar-refractivity contribution is 6.19. The van der Waals surface area contributed by atoms with Crippen molar-refractivity contribution in [2.75, 3.05) is 11.2 Å². The lowest BCUT2D eigenvalue weighted by Gasteiger charge is -2.08. The second-order valence-electron chi connectivity index (χ2n) is 3.54. The van der Waals surface area contributed by atoms with Crippen molar-refractivity contribution in [3.05, 3.63) is 36.4 Å². The lowest BCUT2D eigenvalue weighted by Crippen LogP contribution is -2.12. The summed E-state index contributed by atoms with van der Waals surface area (Å²) in [6, 6.07) is 4.39. The first-order valence-electron chi connectivity index (χ1n) is 5.10. The molecule has 2 rings (SSSR count). The second kappa shape index (κ2) is 5.10. The molecule has 5 heteroatoms. The van der Waals surface area contributed by atoms with E-state index in [1.165, 1.54) is 12.1 Å². The van der Waals surface area contributed by atoms with Crippen LogP contribution in [0.4, 0.5) is 10.1 Å². The van der Waals surface area contributed by atoms with Gasteiger partial charge in [-0.1, -0.05) is 0 Å². The Morgan fingerprint density at radius 3 is 3.06 bits per heavy atom. The number of amides is 1. The van der Waals surface area contributed by atoms with E-state index in [9.17, 15) is 9.18 Å². The van der Waals surface area contributed by atoms with Crippen LogP contribution in [0.2, 0.25) is 0 Å². The normalized spacial score (nSPS) is 10.5. The fourth-order valence-electron chi connectivity index (χ4n) is 1.57. The van der Waals surface area contributed by atoms with E-state index in [4.69, 9.17) is 11.6 Å². The molecule has 0 aliphatic heterocycles. The highest BCUT2D eigenvalue weighted by Crippen LogP contribution is 2.24. The fourth-order valence-corrected chi connectivity index (χ4v) is 1.75. The zero-order valence-corrected chi connectivity index (χ0v) is 9.67. The van der Waals surface area contributed by atoms with Crippen LogP contribution in [0.5, 0.6) is 0 Å². The van der Waals surface area contributed by atoms with E-state index in [1.54, 1.807) is 18.5 Å². The number of carbonyl (C=O) groups excluding carboxylic acids is 1. The molecule has 0 unspecified atom stereocenters. The number of rotatable bonds is 3. The van der Waals surface area contributed by atoms with Crippen molar-refractivity contribution in [3.63, 3.8) is 0 Å². The quantitative estimate of drug-likeness (QED) is 0.854. The number of hydrogen-bond acceptors (Lipinski definition) is 2. The summed E-state index contributed by atoms with van der Waals surface area (Å²) in [5.41, 5.74) is 0.442. The Bertz CT molecular complexity index is 559. The van der Waals surface area contributed by atoms with Gasteiger partial charge in [-0.25, -0.2) is 4.39 Å². The number of pyridine rings is 1. The number of carbonyl (C=O) groups is 1. The van der Waals surface area contributed by atoms with E-state index in [0.717, 1.165) is 5.39 Å². The maximum Gasteiger partial charge on any atom is 0.225 e. The van der Waals surface area contributed by atoms with E-state index in [0.29, 0.717) is 11.1 Å². The number of alkyl halides is 1. The van der Waals surface area contributed by atoms with Crippen LogP contribution in [0.15, 0.2) is 30.6 Å². The number of nitrogens with one attached hydrogen (secondary N) is 1. The highest BCUT2D eigenvalue weighted by Gasteiger charge is 2.07. The maximum absolute atomic E-state index is 13.3. The summed E-state index contributed by atoms with van der Waals surface area (Å²) < 4.78 is 13.3. The van der Waals surface area contributed by atoms with Crippen LogP contribution in [0.1, 0.15) is 6.42 Å². The van der Waals surface area contributed by atoms with E-state index < -0.39 is 5.82 Å². The predicted octanol–water partition coefficient (Wildman–Crippen LogP) is 2.94. The molecule has 0 atom stereocenters. The zero-order chi connectivity index (χ0) is 12.3. The minimum absolute atomic E-state index is 0.199. The molecular formula is C12H10ClFN2O. The van der Waals surface area contributed by atoms with Crippen molar-refractivity contribution in [2.45, 2.75) is 6.42 Å². The van der Waals surface area contributed by atoms with Crippen LogP contribution in [0.3, 0.4) is 0 Å². The third-order valence-corrected chi connectivity index (χ3v) is 2.50. The van der Waals surface area contributed by atoms with Crippen LogP contribution >= 0.6 is 11.6 Å². The highest BCUT2D eigenvalue weighted by atomic mass is 35.5. The van der Waals surface area contributed by atoms with E-state index in [1.807, 2.05) is 0 Å². The second-order valence-corrected chi connectivity index (χ2v) is 3.92. The molecule has 0 bridgehead atoms. The number of halogens is 2. The molecule has 0 aliphatic carbocycles. The fraction of sp³-hybridized carbons (Fsp3) is 0.167. The van der Waals surface area contributed by atoms with E-state index in [-0.39, 0.29) is 18.2 Å². The van der Waals surface area contributed by atoms with E-state index in [2.05, 4.69) is 10.3 Å². The summed E-state index contributed by atoms with van der Waals surface area (Å²) in [5.74, 6) is -0.406. The van der Waals surface area contributed by atoms with Gasteiger partial charge in [0.2, 0.25) is 5.91 Å². The Morgan fingerprint density at radius 2 is 2.29 bits per heavy atom. The molecule has 88 valence electrons. The molecule has 0 fully saturated rings. The van der Waals surface area contributed by atoms with E-state index >= 15 is 0 Å². The molecule has 0 radical (unpaired) electrons. The van der Waals surface area contributed by atoms with Gasteiger partial charge in [-0.05, 0) is 18.2 Å². The van der Waals surface area contributed by atoms with Crippen molar-refractivity contribution in [3.8, 4) is 0 Å². The molecule has 1 heterocycles. The van der Waals surface area contributed by atoms with Gasteiger partial charge in [-0.15, -0.1) is 11.6 Å². The Balaban J connectivity index is 2.42. The topological polar surface area (TPSA) is 42.0 Å². The number of hydrogen-bond donors (Lipinski definition) is 1. The van der Waals surface area contributed by atoms with Crippen molar-refractivity contribution in [1.29, 1.82) is 0 Å². The zero-order valence-electron chi connectivity index (χ0n) is 8.91. The lowest BCUT2D eigenvalue weighted by molar-refractivity contribution is -0.115. The van der Waals surface area contributed by atoms with Gasteiger partial charge in [0.1, 0.15) is 5.82 Å². The van der Waals surface area contributed by atoms with Gasteiger partial charge in [-0.2, -0.15) is 0 Å². The third kappa shape index (κ3) is 2.71. The first-order valence-corrected chi connectivity index (χ1v) is 5.63. The average Bonchev–Trinajstić information content (AvgIpc) is 2.29. The number of nitrogens with zero attached hydrogens (tertiary/aromatic N) is 1. The predicted molar refractivity (Wildman–Crippen MR) is 65.7 cm³/mol. The summed E-state index contributed by atoms with van der Waals surface area (Å²) in [4.78, 5) is 15.3. The molecule has 0 saturated carbocycles. The third-order valence-electron chi connectivity index (χ3n) is 2.31. The Kier molecular flexibility index (Phi) is 3.54. The van der Waals surface area contributed by atoms with Gasteiger partial charge in [0, 0.05) is 35.5 Å². The summed E-state index contributed by atoms with van der Waals surface area (Å²) in [6.45, 7) is 0. The summed E-state index contributed by atoms with van der Waals surface area (Å²) >= 11 is 5.47. The van der Waals surface area contributed by atoms with Gasteiger partial charge < -0.3 is 5.32 Å². The number of aromatic nitrogens is 1. The Morgan fingerprint density at radius 1 is 1.47 bits per heavy atom. The number of anilines is 1. The van der Waals surface area contributed by atoms with Gasteiger partial charge >= 0.3 is 0 Å². The SMILES string of the molecule is O=C(CCCl)Nc1cc(F)cc2cnccc12.